The van der Waals surface area contributed by atoms with Crippen molar-refractivity contribution in [3.05, 3.63) is 65.2 Å². The lowest BCUT2D eigenvalue weighted by Crippen LogP contribution is -2.02. The van der Waals surface area contributed by atoms with Gasteiger partial charge in [-0.1, -0.05) is 23.7 Å². The molecule has 0 aliphatic carbocycles. The molecule has 0 spiro atoms. The van der Waals surface area contributed by atoms with Crippen molar-refractivity contribution in [1.29, 1.82) is 0 Å². The lowest BCUT2D eigenvalue weighted by molar-refractivity contribution is 0.627. The molecule has 0 amide bonds. The van der Waals surface area contributed by atoms with Crippen LogP contribution in [-0.4, -0.2) is 20.2 Å². The largest absolute Gasteiger partial charge is 0.380 e. The number of nitrogens with one attached hydrogen (secondary N) is 1. The molecule has 3 rings (SSSR count). The summed E-state index contributed by atoms with van der Waals surface area (Å²) in [7, 11) is 0. The third-order valence-corrected chi connectivity index (χ3v) is 3.29. The highest BCUT2D eigenvalue weighted by atomic mass is 35.5. The number of hydrogen-bond acceptors (Lipinski definition) is 4. The van der Waals surface area contributed by atoms with Crippen molar-refractivity contribution in [3.8, 4) is 5.69 Å². The summed E-state index contributed by atoms with van der Waals surface area (Å²) in [6.07, 6.45) is 1.51. The highest BCUT2D eigenvalue weighted by Gasteiger charge is 2.05. The quantitative estimate of drug-likeness (QED) is 0.805. The molecular formula is C14H11ClFN5. The molecule has 0 aliphatic rings. The minimum atomic E-state index is -0.252. The van der Waals surface area contributed by atoms with E-state index < -0.39 is 0 Å². The third-order valence-electron chi connectivity index (χ3n) is 2.96. The van der Waals surface area contributed by atoms with Crippen molar-refractivity contribution in [1.82, 2.24) is 20.2 Å². The first kappa shape index (κ1) is 13.5. The molecule has 2 aromatic carbocycles. The predicted molar refractivity (Wildman–Crippen MR) is 77.9 cm³/mol. The minimum absolute atomic E-state index is 0.252. The van der Waals surface area contributed by atoms with Crippen molar-refractivity contribution in [3.63, 3.8) is 0 Å². The van der Waals surface area contributed by atoms with Gasteiger partial charge >= 0.3 is 0 Å². The van der Waals surface area contributed by atoms with Gasteiger partial charge in [0.25, 0.3) is 0 Å². The first-order valence-electron chi connectivity index (χ1n) is 6.23. The summed E-state index contributed by atoms with van der Waals surface area (Å²) in [5.74, 6) is -0.252. The smallest absolute Gasteiger partial charge is 0.143 e. The average Bonchev–Trinajstić information content (AvgIpc) is 3.02. The molecule has 106 valence electrons. The van der Waals surface area contributed by atoms with Crippen LogP contribution in [0.2, 0.25) is 5.02 Å². The molecule has 1 heterocycles. The Labute approximate surface area is 125 Å². The molecule has 21 heavy (non-hydrogen) atoms. The summed E-state index contributed by atoms with van der Waals surface area (Å²) in [6, 6.07) is 11.7. The molecule has 0 fully saturated rings. The molecule has 0 bridgehead atoms. The Hall–Kier alpha value is -2.47. The van der Waals surface area contributed by atoms with Gasteiger partial charge in [-0.3, -0.25) is 0 Å². The number of aromatic nitrogens is 4. The Morgan fingerprint density at radius 1 is 1.14 bits per heavy atom. The molecule has 0 saturated carbocycles. The molecule has 0 aliphatic heterocycles. The van der Waals surface area contributed by atoms with Crippen LogP contribution in [0.25, 0.3) is 5.69 Å². The van der Waals surface area contributed by atoms with Gasteiger partial charge in [0.1, 0.15) is 12.1 Å². The Morgan fingerprint density at radius 2 is 1.95 bits per heavy atom. The second kappa shape index (κ2) is 5.88. The maximum absolute atomic E-state index is 12.9. The molecule has 1 N–H and O–H groups in total. The average molecular weight is 304 g/mol. The lowest BCUT2D eigenvalue weighted by atomic mass is 10.2. The summed E-state index contributed by atoms with van der Waals surface area (Å²) in [6.45, 7) is 0.541. The zero-order chi connectivity index (χ0) is 14.7. The Bertz CT molecular complexity index is 728. The first-order valence-corrected chi connectivity index (χ1v) is 6.61. The van der Waals surface area contributed by atoms with Gasteiger partial charge in [0.2, 0.25) is 0 Å². The Morgan fingerprint density at radius 3 is 2.67 bits per heavy atom. The van der Waals surface area contributed by atoms with Crippen LogP contribution in [0.4, 0.5) is 10.1 Å². The summed E-state index contributed by atoms with van der Waals surface area (Å²) in [4.78, 5) is 0. The van der Waals surface area contributed by atoms with Crippen molar-refractivity contribution in [2.45, 2.75) is 6.54 Å². The van der Waals surface area contributed by atoms with E-state index >= 15 is 0 Å². The molecule has 0 unspecified atom stereocenters. The summed E-state index contributed by atoms with van der Waals surface area (Å²) < 4.78 is 14.4. The van der Waals surface area contributed by atoms with Crippen LogP contribution < -0.4 is 5.32 Å². The van der Waals surface area contributed by atoms with Crippen LogP contribution in [-0.2, 0) is 6.54 Å². The SMILES string of the molecule is Fc1ccc(CNc2cc(-n3cnnn3)ccc2Cl)cc1. The zero-order valence-electron chi connectivity index (χ0n) is 10.9. The monoisotopic (exact) mass is 303 g/mol. The van der Waals surface area contributed by atoms with Gasteiger partial charge in [-0.25, -0.2) is 9.07 Å². The van der Waals surface area contributed by atoms with Crippen molar-refractivity contribution in [2.75, 3.05) is 5.32 Å². The summed E-state index contributed by atoms with van der Waals surface area (Å²) in [5.41, 5.74) is 2.51. The van der Waals surface area contributed by atoms with E-state index in [1.807, 2.05) is 12.1 Å². The van der Waals surface area contributed by atoms with Crippen molar-refractivity contribution < 1.29 is 4.39 Å². The van der Waals surface area contributed by atoms with Gasteiger partial charge < -0.3 is 5.32 Å². The normalized spacial score (nSPS) is 10.6. The molecular weight excluding hydrogens is 293 g/mol. The second-order valence-corrected chi connectivity index (χ2v) is 4.81. The second-order valence-electron chi connectivity index (χ2n) is 4.40. The topological polar surface area (TPSA) is 55.6 Å². The van der Waals surface area contributed by atoms with Gasteiger partial charge in [-0.2, -0.15) is 0 Å². The van der Waals surface area contributed by atoms with Crippen LogP contribution >= 0.6 is 11.6 Å². The Balaban J connectivity index is 1.78. The van der Waals surface area contributed by atoms with E-state index in [1.165, 1.54) is 18.5 Å². The predicted octanol–water partition coefficient (Wildman–Crippen LogP) is 3.07. The van der Waals surface area contributed by atoms with Crippen molar-refractivity contribution in [2.24, 2.45) is 0 Å². The van der Waals surface area contributed by atoms with Gasteiger partial charge in [0, 0.05) is 6.54 Å². The standard InChI is InChI=1S/C14H11ClFN5/c15-13-6-5-12(21-9-18-19-20-21)7-14(13)17-8-10-1-3-11(16)4-2-10/h1-7,9,17H,8H2. The zero-order valence-corrected chi connectivity index (χ0v) is 11.6. The number of halogens is 2. The van der Waals surface area contributed by atoms with Gasteiger partial charge in [0.15, 0.2) is 0 Å². The lowest BCUT2D eigenvalue weighted by Gasteiger charge is -2.10. The van der Waals surface area contributed by atoms with Gasteiger partial charge in [-0.05, 0) is 46.3 Å². The summed E-state index contributed by atoms with van der Waals surface area (Å²) >= 11 is 6.17. The number of benzene rings is 2. The van der Waals surface area contributed by atoms with E-state index in [0.717, 1.165) is 16.9 Å². The fourth-order valence-electron chi connectivity index (χ4n) is 1.87. The maximum Gasteiger partial charge on any atom is 0.143 e. The highest BCUT2D eigenvalue weighted by Crippen LogP contribution is 2.25. The van der Waals surface area contributed by atoms with Crippen LogP contribution in [0.5, 0.6) is 0 Å². The van der Waals surface area contributed by atoms with Crippen LogP contribution in [0.3, 0.4) is 0 Å². The first-order chi connectivity index (χ1) is 10.2. The molecule has 3 aromatic rings. The highest BCUT2D eigenvalue weighted by molar-refractivity contribution is 6.33. The molecule has 7 heteroatoms. The maximum atomic E-state index is 12.9. The van der Waals surface area contributed by atoms with E-state index in [2.05, 4.69) is 20.8 Å². The number of hydrogen-bond donors (Lipinski definition) is 1. The van der Waals surface area contributed by atoms with E-state index in [9.17, 15) is 4.39 Å². The molecule has 0 radical (unpaired) electrons. The van der Waals surface area contributed by atoms with E-state index in [4.69, 9.17) is 11.6 Å². The van der Waals surface area contributed by atoms with E-state index in [1.54, 1.807) is 22.9 Å². The minimum Gasteiger partial charge on any atom is -0.380 e. The van der Waals surface area contributed by atoms with E-state index in [-0.39, 0.29) is 5.82 Å². The molecule has 5 nitrogen and oxygen atoms in total. The molecule has 1 aromatic heterocycles. The van der Waals surface area contributed by atoms with Crippen LogP contribution in [0.15, 0.2) is 48.8 Å². The fraction of sp³-hybridized carbons (Fsp3) is 0.0714. The van der Waals surface area contributed by atoms with Crippen LogP contribution in [0, 0.1) is 5.82 Å². The molecule has 0 saturated heterocycles. The van der Waals surface area contributed by atoms with E-state index in [0.29, 0.717) is 11.6 Å². The third kappa shape index (κ3) is 3.17. The van der Waals surface area contributed by atoms with Gasteiger partial charge in [-0.15, -0.1) is 5.10 Å². The summed E-state index contributed by atoms with van der Waals surface area (Å²) in [5, 5.41) is 14.8. The number of rotatable bonds is 4. The van der Waals surface area contributed by atoms with Crippen molar-refractivity contribution >= 4 is 17.3 Å². The van der Waals surface area contributed by atoms with Crippen LogP contribution in [0.1, 0.15) is 5.56 Å². The molecule has 0 atom stereocenters. The Kier molecular flexibility index (Phi) is 3.79. The van der Waals surface area contributed by atoms with Gasteiger partial charge in [0.05, 0.1) is 16.4 Å². The number of tetrazole rings is 1. The number of nitrogens with zero attached hydrogens (tertiary/aromatic N) is 4. The fourth-order valence-corrected chi connectivity index (χ4v) is 2.05. The number of anilines is 1.